The number of hydrogen-bond acceptors (Lipinski definition) is 4. The van der Waals surface area contributed by atoms with Crippen LogP contribution in [-0.4, -0.2) is 39.1 Å². The molecule has 0 unspecified atom stereocenters. The van der Waals surface area contributed by atoms with Gasteiger partial charge in [0.25, 0.3) is 5.91 Å². The maximum atomic E-state index is 14.1. The SMILES string of the molecule is O=C(c1cc(-c2ccccc2F)n[nH]1)N1CCC[C@H](c2ncc(Cc3ccccc3)o2)C1. The summed E-state index contributed by atoms with van der Waals surface area (Å²) < 4.78 is 20.1. The van der Waals surface area contributed by atoms with Gasteiger partial charge in [0.1, 0.15) is 17.3 Å². The summed E-state index contributed by atoms with van der Waals surface area (Å²) in [7, 11) is 0. The zero-order valence-corrected chi connectivity index (χ0v) is 17.5. The summed E-state index contributed by atoms with van der Waals surface area (Å²) in [6, 6.07) is 18.1. The molecule has 1 atom stereocenters. The fourth-order valence-corrected chi connectivity index (χ4v) is 4.16. The van der Waals surface area contributed by atoms with E-state index in [1.54, 1.807) is 35.4 Å². The molecule has 1 fully saturated rings. The predicted molar refractivity (Wildman–Crippen MR) is 118 cm³/mol. The van der Waals surface area contributed by atoms with Crippen molar-refractivity contribution in [3.8, 4) is 11.3 Å². The van der Waals surface area contributed by atoms with Gasteiger partial charge in [0.15, 0.2) is 5.89 Å². The molecule has 5 rings (SSSR count). The fraction of sp³-hybridized carbons (Fsp3) is 0.240. The van der Waals surface area contributed by atoms with E-state index < -0.39 is 0 Å². The lowest BCUT2D eigenvalue weighted by molar-refractivity contribution is 0.0692. The second-order valence-electron chi connectivity index (χ2n) is 8.06. The first-order valence-electron chi connectivity index (χ1n) is 10.8. The van der Waals surface area contributed by atoms with E-state index in [-0.39, 0.29) is 17.6 Å². The third-order valence-corrected chi connectivity index (χ3v) is 5.81. The van der Waals surface area contributed by atoms with Crippen molar-refractivity contribution in [3.05, 3.63) is 95.6 Å². The van der Waals surface area contributed by atoms with Crippen molar-refractivity contribution in [2.45, 2.75) is 25.2 Å². The number of carbonyl (C=O) groups excluding carboxylic acids is 1. The normalized spacial score (nSPS) is 16.3. The zero-order valence-electron chi connectivity index (χ0n) is 17.5. The van der Waals surface area contributed by atoms with Crippen LogP contribution in [0.25, 0.3) is 11.3 Å². The summed E-state index contributed by atoms with van der Waals surface area (Å²) in [6.45, 7) is 1.18. The molecule has 0 spiro atoms. The van der Waals surface area contributed by atoms with Crippen LogP contribution in [0.15, 0.2) is 71.3 Å². The summed E-state index contributed by atoms with van der Waals surface area (Å²) in [4.78, 5) is 19.3. The Kier molecular flexibility index (Phi) is 5.54. The quantitative estimate of drug-likeness (QED) is 0.493. The number of benzene rings is 2. The molecule has 0 aliphatic carbocycles. The van der Waals surface area contributed by atoms with E-state index in [9.17, 15) is 9.18 Å². The van der Waals surface area contributed by atoms with Crippen LogP contribution >= 0.6 is 0 Å². The molecule has 0 bridgehead atoms. The van der Waals surface area contributed by atoms with Crippen molar-refractivity contribution >= 4 is 5.91 Å². The molecule has 32 heavy (non-hydrogen) atoms. The highest BCUT2D eigenvalue weighted by atomic mass is 19.1. The molecule has 3 heterocycles. The molecule has 1 aliphatic heterocycles. The Bertz CT molecular complexity index is 1220. The summed E-state index contributed by atoms with van der Waals surface area (Å²) >= 11 is 0. The number of piperidine rings is 1. The van der Waals surface area contributed by atoms with Crippen molar-refractivity contribution in [2.75, 3.05) is 13.1 Å². The summed E-state index contributed by atoms with van der Waals surface area (Å²) in [6.07, 6.45) is 4.24. The van der Waals surface area contributed by atoms with Crippen LogP contribution in [0.3, 0.4) is 0 Å². The number of aromatic nitrogens is 3. The minimum Gasteiger partial charge on any atom is -0.445 e. The van der Waals surface area contributed by atoms with Crippen LogP contribution in [0.1, 0.15) is 46.5 Å². The molecule has 1 aliphatic rings. The van der Waals surface area contributed by atoms with E-state index in [0.29, 0.717) is 42.4 Å². The monoisotopic (exact) mass is 430 g/mol. The van der Waals surface area contributed by atoms with Crippen molar-refractivity contribution in [3.63, 3.8) is 0 Å². The molecule has 162 valence electrons. The van der Waals surface area contributed by atoms with Crippen molar-refractivity contribution in [1.82, 2.24) is 20.1 Å². The summed E-state index contributed by atoms with van der Waals surface area (Å²) in [5.74, 6) is 1.01. The van der Waals surface area contributed by atoms with Crippen LogP contribution < -0.4 is 0 Å². The van der Waals surface area contributed by atoms with Crippen LogP contribution in [-0.2, 0) is 6.42 Å². The fourth-order valence-electron chi connectivity index (χ4n) is 4.16. The van der Waals surface area contributed by atoms with Gasteiger partial charge >= 0.3 is 0 Å². The minimum absolute atomic E-state index is 0.0474. The Hall–Kier alpha value is -3.74. The lowest BCUT2D eigenvalue weighted by Gasteiger charge is -2.30. The van der Waals surface area contributed by atoms with E-state index in [4.69, 9.17) is 4.42 Å². The third kappa shape index (κ3) is 4.19. The third-order valence-electron chi connectivity index (χ3n) is 5.81. The molecule has 1 saturated heterocycles. The molecule has 1 N–H and O–H groups in total. The number of rotatable bonds is 5. The van der Waals surface area contributed by atoms with Gasteiger partial charge in [0.2, 0.25) is 0 Å². The highest BCUT2D eigenvalue weighted by molar-refractivity contribution is 5.93. The number of carbonyl (C=O) groups is 1. The zero-order chi connectivity index (χ0) is 21.9. The van der Waals surface area contributed by atoms with Crippen LogP contribution in [0, 0.1) is 5.82 Å². The number of likely N-dealkylation sites (tertiary alicyclic amines) is 1. The number of amides is 1. The standard InChI is InChI=1S/C25H23FN4O2/c26-21-11-5-4-10-20(21)22-14-23(29-28-22)25(31)30-12-6-9-18(16-30)24-27-15-19(32-24)13-17-7-2-1-3-8-17/h1-5,7-8,10-11,14-15,18H,6,9,12-13,16H2,(H,28,29)/t18-/m0/s1. The van der Waals surface area contributed by atoms with Gasteiger partial charge < -0.3 is 9.32 Å². The van der Waals surface area contributed by atoms with Crippen molar-refractivity contribution in [1.29, 1.82) is 0 Å². The Labute approximate surface area is 185 Å². The number of aromatic amines is 1. The van der Waals surface area contributed by atoms with Crippen molar-refractivity contribution < 1.29 is 13.6 Å². The number of oxazole rings is 1. The van der Waals surface area contributed by atoms with Crippen LogP contribution in [0.5, 0.6) is 0 Å². The number of H-pyrrole nitrogens is 1. The molecular formula is C25H23FN4O2. The molecule has 7 heteroatoms. The lowest BCUT2D eigenvalue weighted by atomic mass is 9.97. The van der Waals surface area contributed by atoms with Crippen LogP contribution in [0.4, 0.5) is 4.39 Å². The predicted octanol–water partition coefficient (Wildman–Crippen LogP) is 4.81. The Morgan fingerprint density at radius 2 is 1.97 bits per heavy atom. The van der Waals surface area contributed by atoms with E-state index in [0.717, 1.165) is 18.6 Å². The number of halogens is 1. The molecule has 0 radical (unpaired) electrons. The maximum absolute atomic E-state index is 14.1. The van der Waals surface area contributed by atoms with E-state index in [1.807, 2.05) is 18.2 Å². The summed E-state index contributed by atoms with van der Waals surface area (Å²) in [5, 5.41) is 6.91. The number of hydrogen-bond donors (Lipinski definition) is 1. The topological polar surface area (TPSA) is 75.0 Å². The van der Waals surface area contributed by atoms with Gasteiger partial charge in [0, 0.05) is 25.1 Å². The second kappa shape index (κ2) is 8.78. The molecule has 0 saturated carbocycles. The second-order valence-corrected chi connectivity index (χ2v) is 8.06. The van der Waals surface area contributed by atoms with Gasteiger partial charge in [0.05, 0.1) is 17.8 Å². The molecule has 4 aromatic rings. The molecule has 6 nitrogen and oxygen atoms in total. The van der Waals surface area contributed by atoms with E-state index in [1.165, 1.54) is 11.6 Å². The Morgan fingerprint density at radius 3 is 2.81 bits per heavy atom. The van der Waals surface area contributed by atoms with Gasteiger partial charge in [-0.25, -0.2) is 9.37 Å². The average molecular weight is 430 g/mol. The lowest BCUT2D eigenvalue weighted by Crippen LogP contribution is -2.39. The molecular weight excluding hydrogens is 407 g/mol. The van der Waals surface area contributed by atoms with Gasteiger partial charge in [-0.15, -0.1) is 0 Å². The van der Waals surface area contributed by atoms with Crippen LogP contribution in [0.2, 0.25) is 0 Å². The average Bonchev–Trinajstić information content (AvgIpc) is 3.50. The maximum Gasteiger partial charge on any atom is 0.271 e. The number of nitrogens with zero attached hydrogens (tertiary/aromatic N) is 3. The highest BCUT2D eigenvalue weighted by Gasteiger charge is 2.29. The van der Waals surface area contributed by atoms with Gasteiger partial charge in [-0.1, -0.05) is 42.5 Å². The smallest absolute Gasteiger partial charge is 0.271 e. The molecule has 2 aromatic carbocycles. The van der Waals surface area contributed by atoms with E-state index in [2.05, 4.69) is 27.3 Å². The first-order valence-corrected chi connectivity index (χ1v) is 10.8. The van der Waals surface area contributed by atoms with E-state index >= 15 is 0 Å². The first kappa shape index (κ1) is 20.2. The molecule has 2 aromatic heterocycles. The van der Waals surface area contributed by atoms with Crippen molar-refractivity contribution in [2.24, 2.45) is 0 Å². The van der Waals surface area contributed by atoms with Gasteiger partial charge in [-0.3, -0.25) is 9.89 Å². The largest absolute Gasteiger partial charge is 0.445 e. The minimum atomic E-state index is -0.369. The number of nitrogens with one attached hydrogen (secondary N) is 1. The first-order chi connectivity index (χ1) is 15.7. The van der Waals surface area contributed by atoms with Gasteiger partial charge in [-0.2, -0.15) is 5.10 Å². The highest BCUT2D eigenvalue weighted by Crippen LogP contribution is 2.28. The summed E-state index contributed by atoms with van der Waals surface area (Å²) in [5.41, 5.74) is 2.30. The Morgan fingerprint density at radius 1 is 1.16 bits per heavy atom. The molecule has 1 amide bonds. The van der Waals surface area contributed by atoms with Gasteiger partial charge in [-0.05, 0) is 36.6 Å². The Balaban J connectivity index is 1.27.